The van der Waals surface area contributed by atoms with E-state index < -0.39 is 11.9 Å². The summed E-state index contributed by atoms with van der Waals surface area (Å²) in [7, 11) is 1.25. The lowest BCUT2D eigenvalue weighted by atomic mass is 9.99. The largest absolute Gasteiger partial charge is 0.466 e. The Hall–Kier alpha value is -2.67. The Bertz CT molecular complexity index is 882. The second-order valence-corrected chi connectivity index (χ2v) is 6.25. The van der Waals surface area contributed by atoms with Crippen LogP contribution >= 0.6 is 15.9 Å². The lowest BCUT2D eigenvalue weighted by Crippen LogP contribution is -2.08. The third-order valence-corrected chi connectivity index (χ3v) is 4.15. The molecule has 2 aromatic rings. The van der Waals surface area contributed by atoms with Crippen molar-refractivity contribution >= 4 is 39.7 Å². The summed E-state index contributed by atoms with van der Waals surface area (Å²) in [6, 6.07) is 6.92. The SMILES string of the molecule is CCOC(=O)c1[nH]c(/C=C/C(=O)OC)c(C(=O)c2cccc(Br)c2)c1C. The molecular formula is C19H18BrNO5. The summed E-state index contributed by atoms with van der Waals surface area (Å²) < 4.78 is 10.4. The molecule has 0 atom stereocenters. The van der Waals surface area contributed by atoms with Crippen molar-refractivity contribution in [1.29, 1.82) is 0 Å². The maximum absolute atomic E-state index is 13.0. The van der Waals surface area contributed by atoms with Gasteiger partial charge in [0.15, 0.2) is 5.78 Å². The van der Waals surface area contributed by atoms with Crippen LogP contribution in [0.2, 0.25) is 0 Å². The molecule has 0 spiro atoms. The quantitative estimate of drug-likeness (QED) is 0.438. The van der Waals surface area contributed by atoms with E-state index in [0.29, 0.717) is 22.4 Å². The highest BCUT2D eigenvalue weighted by Crippen LogP contribution is 2.25. The number of ketones is 1. The Balaban J connectivity index is 2.57. The van der Waals surface area contributed by atoms with Crippen molar-refractivity contribution in [3.05, 3.63) is 62.9 Å². The molecule has 6 nitrogen and oxygen atoms in total. The molecule has 0 aliphatic heterocycles. The van der Waals surface area contributed by atoms with E-state index in [1.54, 1.807) is 32.0 Å². The standard InChI is InChI=1S/C19H18BrNO5/c1-4-26-19(24)17-11(2)16(14(21-17)8-9-15(22)25-3)18(23)12-6-5-7-13(20)10-12/h5-10,21H,4H2,1-3H3/b9-8+. The fourth-order valence-corrected chi connectivity index (χ4v) is 2.84. The maximum Gasteiger partial charge on any atom is 0.355 e. The van der Waals surface area contributed by atoms with Gasteiger partial charge in [0.05, 0.1) is 25.0 Å². The molecule has 1 heterocycles. The number of aromatic amines is 1. The van der Waals surface area contributed by atoms with Gasteiger partial charge in [0.2, 0.25) is 0 Å². The molecule has 0 aliphatic rings. The van der Waals surface area contributed by atoms with Crippen molar-refractivity contribution in [1.82, 2.24) is 4.98 Å². The van der Waals surface area contributed by atoms with Crippen molar-refractivity contribution < 1.29 is 23.9 Å². The van der Waals surface area contributed by atoms with Crippen molar-refractivity contribution in [2.24, 2.45) is 0 Å². The summed E-state index contributed by atoms with van der Waals surface area (Å²) >= 11 is 3.34. The third-order valence-electron chi connectivity index (χ3n) is 3.66. The smallest absolute Gasteiger partial charge is 0.355 e. The van der Waals surface area contributed by atoms with Crippen molar-refractivity contribution in [2.75, 3.05) is 13.7 Å². The number of esters is 2. The highest BCUT2D eigenvalue weighted by molar-refractivity contribution is 9.10. The second kappa shape index (κ2) is 8.62. The van der Waals surface area contributed by atoms with Crippen LogP contribution in [-0.4, -0.2) is 36.4 Å². The van der Waals surface area contributed by atoms with Crippen LogP contribution in [0.3, 0.4) is 0 Å². The van der Waals surface area contributed by atoms with Crippen LogP contribution in [-0.2, 0) is 14.3 Å². The number of H-pyrrole nitrogens is 1. The van der Waals surface area contributed by atoms with Crippen molar-refractivity contribution in [3.63, 3.8) is 0 Å². The minimum atomic E-state index is -0.573. The minimum Gasteiger partial charge on any atom is -0.466 e. The number of benzene rings is 1. The maximum atomic E-state index is 13.0. The lowest BCUT2D eigenvalue weighted by molar-refractivity contribution is -0.134. The average Bonchev–Trinajstić information content (AvgIpc) is 2.95. The van der Waals surface area contributed by atoms with E-state index in [2.05, 4.69) is 25.7 Å². The molecule has 0 saturated heterocycles. The molecule has 0 bridgehead atoms. The Labute approximate surface area is 159 Å². The minimum absolute atomic E-state index is 0.176. The van der Waals surface area contributed by atoms with Gasteiger partial charge in [-0.1, -0.05) is 28.1 Å². The van der Waals surface area contributed by atoms with E-state index in [4.69, 9.17) is 4.74 Å². The number of hydrogen-bond donors (Lipinski definition) is 1. The lowest BCUT2D eigenvalue weighted by Gasteiger charge is -2.04. The van der Waals surface area contributed by atoms with Gasteiger partial charge in [-0.15, -0.1) is 0 Å². The Morgan fingerprint density at radius 2 is 2.00 bits per heavy atom. The van der Waals surface area contributed by atoms with Crippen molar-refractivity contribution in [3.8, 4) is 0 Å². The molecule has 0 unspecified atom stereocenters. The molecule has 26 heavy (non-hydrogen) atoms. The molecule has 0 saturated carbocycles. The summed E-state index contributed by atoms with van der Waals surface area (Å²) in [5.74, 6) is -1.41. The molecule has 0 aliphatic carbocycles. The van der Waals surface area contributed by atoms with E-state index in [0.717, 1.165) is 4.47 Å². The van der Waals surface area contributed by atoms with Crippen LogP contribution in [0.1, 0.15) is 44.6 Å². The van der Waals surface area contributed by atoms with Crippen LogP contribution in [0.25, 0.3) is 6.08 Å². The van der Waals surface area contributed by atoms with Gasteiger partial charge in [-0.3, -0.25) is 4.79 Å². The number of halogens is 1. The first-order chi connectivity index (χ1) is 12.4. The van der Waals surface area contributed by atoms with Crippen LogP contribution in [0.5, 0.6) is 0 Å². The number of hydrogen-bond acceptors (Lipinski definition) is 5. The molecule has 1 N–H and O–H groups in total. The monoisotopic (exact) mass is 419 g/mol. The van der Waals surface area contributed by atoms with E-state index in [1.807, 2.05) is 6.07 Å². The number of carbonyl (C=O) groups is 3. The summed E-state index contributed by atoms with van der Waals surface area (Å²) in [4.78, 5) is 39.4. The van der Waals surface area contributed by atoms with Crippen LogP contribution in [0, 0.1) is 6.92 Å². The summed E-state index contributed by atoms with van der Waals surface area (Å²) in [5, 5.41) is 0. The molecule has 0 fully saturated rings. The molecule has 2 rings (SSSR count). The summed E-state index contributed by atoms with van der Waals surface area (Å²) in [6.45, 7) is 3.56. The van der Waals surface area contributed by atoms with Gasteiger partial charge in [-0.2, -0.15) is 0 Å². The van der Waals surface area contributed by atoms with Crippen LogP contribution in [0.15, 0.2) is 34.8 Å². The Morgan fingerprint density at radius 3 is 2.62 bits per heavy atom. The fraction of sp³-hybridized carbons (Fsp3) is 0.211. The molecular weight excluding hydrogens is 402 g/mol. The number of nitrogens with one attached hydrogen (secondary N) is 1. The van der Waals surface area contributed by atoms with Crippen LogP contribution in [0.4, 0.5) is 0 Å². The van der Waals surface area contributed by atoms with E-state index in [-0.39, 0.29) is 18.1 Å². The highest BCUT2D eigenvalue weighted by atomic mass is 79.9. The molecule has 0 radical (unpaired) electrons. The molecule has 136 valence electrons. The van der Waals surface area contributed by atoms with E-state index in [9.17, 15) is 14.4 Å². The summed E-state index contributed by atoms with van der Waals surface area (Å²) in [6.07, 6.45) is 2.59. The van der Waals surface area contributed by atoms with Crippen LogP contribution < -0.4 is 0 Å². The number of rotatable bonds is 6. The Kier molecular flexibility index (Phi) is 6.52. The van der Waals surface area contributed by atoms with E-state index >= 15 is 0 Å². The molecule has 1 aromatic heterocycles. The van der Waals surface area contributed by atoms with Gasteiger partial charge < -0.3 is 14.5 Å². The van der Waals surface area contributed by atoms with Crippen molar-refractivity contribution in [2.45, 2.75) is 13.8 Å². The molecule has 1 aromatic carbocycles. The van der Waals surface area contributed by atoms with Gasteiger partial charge in [-0.25, -0.2) is 9.59 Å². The fourth-order valence-electron chi connectivity index (χ4n) is 2.44. The van der Waals surface area contributed by atoms with Gasteiger partial charge in [0.1, 0.15) is 5.69 Å². The predicted octanol–water partition coefficient (Wildman–Crippen LogP) is 3.68. The predicted molar refractivity (Wildman–Crippen MR) is 100 cm³/mol. The zero-order valence-corrected chi connectivity index (χ0v) is 16.2. The normalized spacial score (nSPS) is 10.8. The number of aromatic nitrogens is 1. The van der Waals surface area contributed by atoms with Gasteiger partial charge in [0.25, 0.3) is 0 Å². The summed E-state index contributed by atoms with van der Waals surface area (Å²) in [5.41, 5.74) is 1.71. The number of ether oxygens (including phenoxy) is 2. The van der Waals surface area contributed by atoms with Gasteiger partial charge in [0, 0.05) is 16.1 Å². The molecule has 7 heteroatoms. The first kappa shape index (κ1) is 19.7. The zero-order valence-electron chi connectivity index (χ0n) is 14.6. The molecule has 0 amide bonds. The highest BCUT2D eigenvalue weighted by Gasteiger charge is 2.24. The number of carbonyl (C=O) groups excluding carboxylic acids is 3. The van der Waals surface area contributed by atoms with E-state index in [1.165, 1.54) is 19.3 Å². The topological polar surface area (TPSA) is 85.5 Å². The zero-order chi connectivity index (χ0) is 19.3. The first-order valence-electron chi connectivity index (χ1n) is 7.85. The first-order valence-corrected chi connectivity index (χ1v) is 8.64. The second-order valence-electron chi connectivity index (χ2n) is 5.33. The van der Waals surface area contributed by atoms with Gasteiger partial charge in [-0.05, 0) is 37.6 Å². The Morgan fingerprint density at radius 1 is 1.27 bits per heavy atom. The number of methoxy groups -OCH3 is 1. The van der Waals surface area contributed by atoms with Gasteiger partial charge >= 0.3 is 11.9 Å². The third kappa shape index (κ3) is 4.29. The average molecular weight is 420 g/mol.